The Kier molecular flexibility index (Phi) is 3.80. The van der Waals surface area contributed by atoms with Crippen molar-refractivity contribution in [2.45, 2.75) is 13.3 Å². The Hall–Kier alpha value is -1.78. The van der Waals surface area contributed by atoms with E-state index in [-0.39, 0.29) is 5.91 Å². The van der Waals surface area contributed by atoms with Gasteiger partial charge in [0, 0.05) is 32.6 Å². The van der Waals surface area contributed by atoms with Gasteiger partial charge in [-0.05, 0) is 13.0 Å². The molecule has 92 valence electrons. The maximum atomic E-state index is 11.3. The fourth-order valence-corrected chi connectivity index (χ4v) is 1.93. The second-order valence-corrected chi connectivity index (χ2v) is 4.05. The highest BCUT2D eigenvalue weighted by atomic mass is 16.1. The molecule has 17 heavy (non-hydrogen) atoms. The molecule has 1 fully saturated rings. The summed E-state index contributed by atoms with van der Waals surface area (Å²) >= 11 is 0. The van der Waals surface area contributed by atoms with Crippen LogP contribution in [0.25, 0.3) is 0 Å². The van der Waals surface area contributed by atoms with Crippen molar-refractivity contribution in [1.82, 2.24) is 10.3 Å². The minimum atomic E-state index is 0.128. The molecule has 0 bridgehead atoms. The maximum Gasteiger partial charge on any atom is 0.221 e. The fraction of sp³-hybridized carbons (Fsp3) is 0.500. The topological polar surface area (TPSA) is 57.3 Å². The number of carbonyl (C=O) groups is 1. The molecule has 1 aliphatic rings. The van der Waals surface area contributed by atoms with Crippen molar-refractivity contribution in [3.63, 3.8) is 0 Å². The van der Waals surface area contributed by atoms with Crippen LogP contribution < -0.4 is 15.5 Å². The van der Waals surface area contributed by atoms with Gasteiger partial charge >= 0.3 is 0 Å². The molecular weight excluding hydrogens is 216 g/mol. The molecule has 0 unspecified atom stereocenters. The molecule has 5 heteroatoms. The van der Waals surface area contributed by atoms with Gasteiger partial charge in [0.2, 0.25) is 5.91 Å². The van der Waals surface area contributed by atoms with Crippen molar-refractivity contribution in [2.24, 2.45) is 0 Å². The zero-order valence-corrected chi connectivity index (χ0v) is 10.1. The van der Waals surface area contributed by atoms with Crippen LogP contribution in [0.2, 0.25) is 0 Å². The number of hydrogen-bond donors (Lipinski definition) is 2. The third-order valence-corrected chi connectivity index (χ3v) is 2.78. The number of rotatable bonds is 3. The van der Waals surface area contributed by atoms with E-state index in [0.29, 0.717) is 13.0 Å². The van der Waals surface area contributed by atoms with Gasteiger partial charge in [0.15, 0.2) is 0 Å². The second kappa shape index (κ2) is 5.52. The van der Waals surface area contributed by atoms with Crippen molar-refractivity contribution in [3.05, 3.63) is 18.5 Å². The van der Waals surface area contributed by atoms with Gasteiger partial charge in [0.25, 0.3) is 0 Å². The van der Waals surface area contributed by atoms with E-state index in [2.05, 4.69) is 33.5 Å². The van der Waals surface area contributed by atoms with Gasteiger partial charge in [-0.15, -0.1) is 0 Å². The Morgan fingerprint density at radius 1 is 1.47 bits per heavy atom. The Morgan fingerprint density at radius 2 is 2.35 bits per heavy atom. The third-order valence-electron chi connectivity index (χ3n) is 2.78. The quantitative estimate of drug-likeness (QED) is 0.813. The van der Waals surface area contributed by atoms with Crippen LogP contribution in [-0.2, 0) is 4.79 Å². The molecule has 0 spiro atoms. The first-order chi connectivity index (χ1) is 8.29. The number of amides is 1. The molecule has 2 N–H and O–H groups in total. The molecule has 1 aromatic rings. The number of hydrogen-bond acceptors (Lipinski definition) is 4. The molecular formula is C12H18N4O. The monoisotopic (exact) mass is 234 g/mol. The average molecular weight is 234 g/mol. The van der Waals surface area contributed by atoms with E-state index in [1.54, 1.807) is 0 Å². The normalized spacial score (nSPS) is 16.3. The third kappa shape index (κ3) is 3.09. The van der Waals surface area contributed by atoms with Crippen molar-refractivity contribution in [1.29, 1.82) is 0 Å². The molecule has 0 aromatic carbocycles. The summed E-state index contributed by atoms with van der Waals surface area (Å²) < 4.78 is 0. The predicted molar refractivity (Wildman–Crippen MR) is 68.2 cm³/mol. The molecule has 1 amide bonds. The molecule has 0 radical (unpaired) electrons. The van der Waals surface area contributed by atoms with Gasteiger partial charge in [-0.1, -0.05) is 0 Å². The fourth-order valence-electron chi connectivity index (χ4n) is 1.93. The molecule has 0 aliphatic carbocycles. The lowest BCUT2D eigenvalue weighted by atomic mass is 10.3. The highest BCUT2D eigenvalue weighted by Crippen LogP contribution is 2.18. The van der Waals surface area contributed by atoms with Crippen molar-refractivity contribution < 1.29 is 4.79 Å². The van der Waals surface area contributed by atoms with Crippen molar-refractivity contribution >= 4 is 17.3 Å². The summed E-state index contributed by atoms with van der Waals surface area (Å²) in [6, 6.07) is 2.08. The number of nitrogens with one attached hydrogen (secondary N) is 2. The lowest BCUT2D eigenvalue weighted by Gasteiger charge is -2.21. The largest absolute Gasteiger partial charge is 0.384 e. The van der Waals surface area contributed by atoms with Crippen LogP contribution in [0.5, 0.6) is 0 Å². The Morgan fingerprint density at radius 3 is 3.18 bits per heavy atom. The summed E-state index contributed by atoms with van der Waals surface area (Å²) in [7, 11) is 0. The Labute approximate surface area is 101 Å². The van der Waals surface area contributed by atoms with Crippen molar-refractivity contribution in [2.75, 3.05) is 36.4 Å². The zero-order chi connectivity index (χ0) is 12.1. The first kappa shape index (κ1) is 11.7. The van der Waals surface area contributed by atoms with Gasteiger partial charge in [0.1, 0.15) is 0 Å². The summed E-state index contributed by atoms with van der Waals surface area (Å²) in [6.45, 7) is 5.22. The standard InChI is InChI=1S/C12H18N4O/c1-2-14-10-7-11(9-13-8-10)16-5-3-12(17)15-4-6-16/h7-9,14H,2-6H2,1H3,(H,15,17). The maximum absolute atomic E-state index is 11.3. The second-order valence-electron chi connectivity index (χ2n) is 4.05. The lowest BCUT2D eigenvalue weighted by Crippen LogP contribution is -2.28. The van der Waals surface area contributed by atoms with Crippen LogP contribution in [0, 0.1) is 0 Å². The summed E-state index contributed by atoms with van der Waals surface area (Å²) in [5, 5.41) is 6.11. The highest BCUT2D eigenvalue weighted by Gasteiger charge is 2.14. The minimum absolute atomic E-state index is 0.128. The van der Waals surface area contributed by atoms with E-state index in [9.17, 15) is 4.79 Å². The van der Waals surface area contributed by atoms with Gasteiger partial charge in [0.05, 0.1) is 23.8 Å². The van der Waals surface area contributed by atoms with Gasteiger partial charge < -0.3 is 15.5 Å². The van der Waals surface area contributed by atoms with E-state index in [1.807, 2.05) is 12.4 Å². The van der Waals surface area contributed by atoms with Crippen LogP contribution in [-0.4, -0.2) is 37.1 Å². The van der Waals surface area contributed by atoms with Crippen LogP contribution in [0.4, 0.5) is 11.4 Å². The number of pyridine rings is 1. The van der Waals surface area contributed by atoms with E-state index in [4.69, 9.17) is 0 Å². The first-order valence-corrected chi connectivity index (χ1v) is 6.00. The summed E-state index contributed by atoms with van der Waals surface area (Å²) in [5.74, 6) is 0.128. The number of aromatic nitrogens is 1. The summed E-state index contributed by atoms with van der Waals surface area (Å²) in [6.07, 6.45) is 4.20. The molecule has 0 atom stereocenters. The zero-order valence-electron chi connectivity index (χ0n) is 10.1. The highest BCUT2D eigenvalue weighted by molar-refractivity contribution is 5.77. The minimum Gasteiger partial charge on any atom is -0.384 e. The van der Waals surface area contributed by atoms with Crippen LogP contribution in [0.3, 0.4) is 0 Å². The van der Waals surface area contributed by atoms with Crippen LogP contribution in [0.15, 0.2) is 18.5 Å². The van der Waals surface area contributed by atoms with Crippen LogP contribution >= 0.6 is 0 Å². The molecule has 2 heterocycles. The Balaban J connectivity index is 2.09. The van der Waals surface area contributed by atoms with E-state index >= 15 is 0 Å². The smallest absolute Gasteiger partial charge is 0.221 e. The molecule has 2 rings (SSSR count). The lowest BCUT2D eigenvalue weighted by molar-refractivity contribution is -0.120. The molecule has 1 aliphatic heterocycles. The summed E-state index contributed by atoms with van der Waals surface area (Å²) in [5.41, 5.74) is 2.09. The number of nitrogens with zero attached hydrogens (tertiary/aromatic N) is 2. The van der Waals surface area contributed by atoms with Gasteiger partial charge in [-0.3, -0.25) is 9.78 Å². The predicted octanol–water partition coefficient (Wildman–Crippen LogP) is 0.840. The van der Waals surface area contributed by atoms with Gasteiger partial charge in [-0.25, -0.2) is 0 Å². The van der Waals surface area contributed by atoms with Gasteiger partial charge in [-0.2, -0.15) is 0 Å². The SMILES string of the molecule is CCNc1cncc(N2CCNC(=O)CC2)c1. The molecule has 0 saturated carbocycles. The number of anilines is 2. The van der Waals surface area contributed by atoms with Crippen molar-refractivity contribution in [3.8, 4) is 0 Å². The average Bonchev–Trinajstić information content (AvgIpc) is 2.55. The summed E-state index contributed by atoms with van der Waals surface area (Å²) in [4.78, 5) is 17.7. The molecule has 1 saturated heterocycles. The van der Waals surface area contributed by atoms with E-state index in [1.165, 1.54) is 0 Å². The van der Waals surface area contributed by atoms with Crippen LogP contribution in [0.1, 0.15) is 13.3 Å². The molecule has 5 nitrogen and oxygen atoms in total. The van der Waals surface area contributed by atoms with E-state index < -0.39 is 0 Å². The Bertz CT molecular complexity index is 394. The first-order valence-electron chi connectivity index (χ1n) is 6.00. The molecule has 1 aromatic heterocycles. The van der Waals surface area contributed by atoms with E-state index in [0.717, 1.165) is 31.0 Å². The number of carbonyl (C=O) groups excluding carboxylic acids is 1.